The first-order valence-corrected chi connectivity index (χ1v) is 8.72. The van der Waals surface area contributed by atoms with Gasteiger partial charge in [-0.2, -0.15) is 0 Å². The molecule has 0 aromatic heterocycles. The lowest BCUT2D eigenvalue weighted by Gasteiger charge is -2.27. The fourth-order valence-electron chi connectivity index (χ4n) is 2.79. The Balaban J connectivity index is 0.00000242. The van der Waals surface area contributed by atoms with E-state index >= 15 is 0 Å². The summed E-state index contributed by atoms with van der Waals surface area (Å²) in [6.07, 6.45) is 6.19. The average Bonchev–Trinajstić information content (AvgIpc) is 2.96. The van der Waals surface area contributed by atoms with Gasteiger partial charge in [-0.1, -0.05) is 30.5 Å². The number of carbonyl (C=O) groups is 1. The lowest BCUT2D eigenvalue weighted by atomic mass is 10.1. The van der Waals surface area contributed by atoms with E-state index in [0.29, 0.717) is 6.54 Å². The van der Waals surface area contributed by atoms with E-state index in [-0.39, 0.29) is 23.1 Å². The second kappa shape index (κ2) is 9.43. The molecule has 0 radical (unpaired) electrons. The van der Waals surface area contributed by atoms with Gasteiger partial charge in [-0.3, -0.25) is 4.79 Å². The van der Waals surface area contributed by atoms with Crippen LogP contribution in [0.1, 0.15) is 44.1 Å². The molecule has 0 bridgehead atoms. The van der Waals surface area contributed by atoms with E-state index in [2.05, 4.69) is 36.5 Å². The predicted molar refractivity (Wildman–Crippen MR) is 96.8 cm³/mol. The lowest BCUT2D eigenvalue weighted by molar-refractivity contribution is -0.123. The van der Waals surface area contributed by atoms with Crippen LogP contribution in [0.3, 0.4) is 0 Å². The topological polar surface area (TPSA) is 55.1 Å². The van der Waals surface area contributed by atoms with Crippen molar-refractivity contribution in [2.24, 2.45) is 5.73 Å². The normalized spacial score (nSPS) is 16.1. The number of rotatable bonds is 7. The van der Waals surface area contributed by atoms with E-state index < -0.39 is 0 Å². The molecule has 1 aliphatic rings. The molecule has 1 aromatic rings. The molecule has 1 amide bonds. The first kappa shape index (κ1) is 19.3. The quantitative estimate of drug-likeness (QED) is 0.743. The van der Waals surface area contributed by atoms with Crippen LogP contribution in [0.25, 0.3) is 0 Å². The van der Waals surface area contributed by atoms with Gasteiger partial charge in [-0.15, -0.1) is 24.2 Å². The molecule has 0 aliphatic heterocycles. The van der Waals surface area contributed by atoms with Gasteiger partial charge in [0.1, 0.15) is 0 Å². The Bertz CT molecular complexity index is 458. The summed E-state index contributed by atoms with van der Waals surface area (Å²) in [5.41, 5.74) is 6.75. The van der Waals surface area contributed by atoms with Gasteiger partial charge in [0.05, 0.1) is 4.75 Å². The molecule has 0 saturated heterocycles. The summed E-state index contributed by atoms with van der Waals surface area (Å²) in [6, 6.07) is 8.48. The van der Waals surface area contributed by atoms with Gasteiger partial charge in [0, 0.05) is 11.4 Å². The van der Waals surface area contributed by atoms with Gasteiger partial charge in [0.15, 0.2) is 0 Å². The van der Waals surface area contributed by atoms with Crippen molar-refractivity contribution in [2.75, 3.05) is 13.1 Å². The Labute approximate surface area is 144 Å². The van der Waals surface area contributed by atoms with E-state index in [1.165, 1.54) is 10.5 Å². The molecular weight excluding hydrogens is 316 g/mol. The number of nitrogens with one attached hydrogen (secondary N) is 1. The molecule has 3 nitrogen and oxygen atoms in total. The van der Waals surface area contributed by atoms with Crippen LogP contribution in [-0.4, -0.2) is 23.7 Å². The van der Waals surface area contributed by atoms with Crippen LogP contribution in [0, 0.1) is 6.92 Å². The van der Waals surface area contributed by atoms with Gasteiger partial charge >= 0.3 is 0 Å². The fourth-order valence-corrected chi connectivity index (χ4v) is 4.17. The van der Waals surface area contributed by atoms with E-state index in [9.17, 15) is 4.79 Å². The summed E-state index contributed by atoms with van der Waals surface area (Å²) in [5, 5.41) is 3.12. The van der Waals surface area contributed by atoms with E-state index in [4.69, 9.17) is 5.73 Å². The highest BCUT2D eigenvalue weighted by Gasteiger charge is 2.41. The number of benzene rings is 1. The Kier molecular flexibility index (Phi) is 8.29. The molecule has 124 valence electrons. The summed E-state index contributed by atoms with van der Waals surface area (Å²) in [5.74, 6) is 0.211. The summed E-state index contributed by atoms with van der Waals surface area (Å²) >= 11 is 1.74. The number of hydrogen-bond donors (Lipinski definition) is 2. The minimum Gasteiger partial charge on any atom is -0.355 e. The summed E-state index contributed by atoms with van der Waals surface area (Å²) in [6.45, 7) is 3.52. The second-order valence-corrected chi connectivity index (χ2v) is 7.33. The minimum atomic E-state index is -0.266. The van der Waals surface area contributed by atoms with Gasteiger partial charge in [0.25, 0.3) is 0 Å². The Morgan fingerprint density at radius 3 is 2.45 bits per heavy atom. The molecule has 3 N–H and O–H groups in total. The number of thioether (sulfide) groups is 1. The average molecular weight is 343 g/mol. The number of unbranched alkanes of at least 4 members (excludes halogenated alkanes) is 1. The number of carbonyl (C=O) groups excluding carboxylic acids is 1. The maximum absolute atomic E-state index is 12.6. The number of amides is 1. The van der Waals surface area contributed by atoms with E-state index in [0.717, 1.165) is 45.1 Å². The molecule has 0 unspecified atom stereocenters. The first-order chi connectivity index (χ1) is 10.2. The van der Waals surface area contributed by atoms with Gasteiger partial charge in [-0.25, -0.2) is 0 Å². The van der Waals surface area contributed by atoms with Crippen LogP contribution in [-0.2, 0) is 4.79 Å². The van der Waals surface area contributed by atoms with Gasteiger partial charge in [-0.05, 0) is 51.3 Å². The zero-order valence-corrected chi connectivity index (χ0v) is 14.9. The van der Waals surface area contributed by atoms with Crippen molar-refractivity contribution >= 4 is 30.1 Å². The maximum Gasteiger partial charge on any atom is 0.236 e. The standard InChI is InChI=1S/C17H26N2OS.ClH/c1-14-6-8-15(9-7-14)21-17(10-2-3-11-17)16(20)19-13-5-4-12-18;/h6-9H,2-5,10-13,18H2,1H3,(H,19,20);1H. The molecule has 2 rings (SSSR count). The van der Waals surface area contributed by atoms with E-state index in [1.54, 1.807) is 11.8 Å². The Morgan fingerprint density at radius 1 is 1.23 bits per heavy atom. The molecule has 5 heteroatoms. The summed E-state index contributed by atoms with van der Waals surface area (Å²) < 4.78 is -0.266. The first-order valence-electron chi connectivity index (χ1n) is 7.90. The van der Waals surface area contributed by atoms with Crippen LogP contribution in [0.5, 0.6) is 0 Å². The van der Waals surface area contributed by atoms with Crippen LogP contribution < -0.4 is 11.1 Å². The molecule has 0 heterocycles. The fraction of sp³-hybridized carbons (Fsp3) is 0.588. The third-order valence-electron chi connectivity index (χ3n) is 4.08. The molecule has 0 atom stereocenters. The largest absolute Gasteiger partial charge is 0.355 e. The van der Waals surface area contributed by atoms with Crippen molar-refractivity contribution < 1.29 is 4.79 Å². The molecular formula is C17H27ClN2OS. The number of nitrogens with two attached hydrogens (primary N) is 1. The van der Waals surface area contributed by atoms with Crippen LogP contribution >= 0.6 is 24.2 Å². The van der Waals surface area contributed by atoms with Crippen molar-refractivity contribution in [1.82, 2.24) is 5.32 Å². The zero-order chi connectivity index (χ0) is 15.1. The monoisotopic (exact) mass is 342 g/mol. The molecule has 1 fully saturated rings. The number of hydrogen-bond acceptors (Lipinski definition) is 3. The smallest absolute Gasteiger partial charge is 0.236 e. The molecule has 1 aromatic carbocycles. The van der Waals surface area contributed by atoms with Crippen LogP contribution in [0.4, 0.5) is 0 Å². The maximum atomic E-state index is 12.6. The number of halogens is 1. The second-order valence-electron chi connectivity index (χ2n) is 5.87. The SMILES string of the molecule is Cc1ccc(SC2(C(=O)NCCCCN)CCCC2)cc1.Cl. The third-order valence-corrected chi connectivity index (χ3v) is 5.57. The number of aryl methyl sites for hydroxylation is 1. The van der Waals surface area contributed by atoms with Crippen LogP contribution in [0.15, 0.2) is 29.2 Å². The van der Waals surface area contributed by atoms with Crippen molar-refractivity contribution in [2.45, 2.75) is 55.1 Å². The molecule has 0 spiro atoms. The highest BCUT2D eigenvalue weighted by atomic mass is 35.5. The highest BCUT2D eigenvalue weighted by Crippen LogP contribution is 2.45. The molecule has 22 heavy (non-hydrogen) atoms. The third kappa shape index (κ3) is 5.18. The van der Waals surface area contributed by atoms with Crippen molar-refractivity contribution in [3.63, 3.8) is 0 Å². The molecule has 1 saturated carbocycles. The Morgan fingerprint density at radius 2 is 1.86 bits per heavy atom. The van der Waals surface area contributed by atoms with Crippen molar-refractivity contribution in [3.8, 4) is 0 Å². The van der Waals surface area contributed by atoms with Gasteiger partial charge < -0.3 is 11.1 Å². The summed E-state index contributed by atoms with van der Waals surface area (Å²) in [7, 11) is 0. The molecule has 1 aliphatic carbocycles. The van der Waals surface area contributed by atoms with Crippen molar-refractivity contribution in [3.05, 3.63) is 29.8 Å². The highest BCUT2D eigenvalue weighted by molar-refractivity contribution is 8.01. The summed E-state index contributed by atoms with van der Waals surface area (Å²) in [4.78, 5) is 13.8. The lowest BCUT2D eigenvalue weighted by Crippen LogP contribution is -2.42. The van der Waals surface area contributed by atoms with Gasteiger partial charge in [0.2, 0.25) is 5.91 Å². The Hall–Kier alpha value is -0.710. The predicted octanol–water partition coefficient (Wildman–Crippen LogP) is 3.68. The van der Waals surface area contributed by atoms with Crippen molar-refractivity contribution in [1.29, 1.82) is 0 Å². The van der Waals surface area contributed by atoms with Crippen LogP contribution in [0.2, 0.25) is 0 Å². The minimum absolute atomic E-state index is 0. The zero-order valence-electron chi connectivity index (χ0n) is 13.3. The van der Waals surface area contributed by atoms with E-state index in [1.807, 2.05) is 0 Å².